The van der Waals surface area contributed by atoms with Crippen LogP contribution in [0.3, 0.4) is 0 Å². The average Bonchev–Trinajstić information content (AvgIpc) is 2.51. The van der Waals surface area contributed by atoms with E-state index >= 15 is 0 Å². The van der Waals surface area contributed by atoms with E-state index in [0.717, 1.165) is 37.3 Å². The highest BCUT2D eigenvalue weighted by Crippen LogP contribution is 2.02. The fourth-order valence-corrected chi connectivity index (χ4v) is 1.79. The summed E-state index contributed by atoms with van der Waals surface area (Å²) in [6, 6.07) is 6.07. The molecule has 0 saturated heterocycles. The van der Waals surface area contributed by atoms with Crippen molar-refractivity contribution in [2.45, 2.75) is 32.9 Å². The Labute approximate surface area is 128 Å². The van der Waals surface area contributed by atoms with Crippen LogP contribution >= 0.6 is 0 Å². The Balaban J connectivity index is 2.10. The SMILES string of the molecule is CCCNCc1cccc(COCCCOCCOC)n1. The van der Waals surface area contributed by atoms with Crippen molar-refractivity contribution < 1.29 is 14.2 Å². The van der Waals surface area contributed by atoms with E-state index in [9.17, 15) is 0 Å². The molecule has 0 amide bonds. The van der Waals surface area contributed by atoms with E-state index in [1.807, 2.05) is 18.2 Å². The second kappa shape index (κ2) is 12.7. The molecule has 0 unspecified atom stereocenters. The lowest BCUT2D eigenvalue weighted by Gasteiger charge is -2.07. The van der Waals surface area contributed by atoms with Gasteiger partial charge in [0.15, 0.2) is 0 Å². The monoisotopic (exact) mass is 296 g/mol. The summed E-state index contributed by atoms with van der Waals surface area (Å²) in [7, 11) is 1.67. The van der Waals surface area contributed by atoms with Crippen molar-refractivity contribution in [1.82, 2.24) is 10.3 Å². The highest BCUT2D eigenvalue weighted by atomic mass is 16.5. The van der Waals surface area contributed by atoms with E-state index in [4.69, 9.17) is 14.2 Å². The minimum Gasteiger partial charge on any atom is -0.382 e. The summed E-state index contributed by atoms with van der Waals surface area (Å²) in [5.74, 6) is 0. The first kappa shape index (κ1) is 18.0. The van der Waals surface area contributed by atoms with Gasteiger partial charge in [-0.05, 0) is 31.5 Å². The molecule has 1 N–H and O–H groups in total. The molecule has 1 rings (SSSR count). The number of ether oxygens (including phenoxy) is 3. The van der Waals surface area contributed by atoms with Crippen LogP contribution in [0.4, 0.5) is 0 Å². The van der Waals surface area contributed by atoms with Crippen molar-refractivity contribution in [2.75, 3.05) is 40.1 Å². The van der Waals surface area contributed by atoms with Crippen LogP contribution in [0.15, 0.2) is 18.2 Å². The van der Waals surface area contributed by atoms with Crippen LogP contribution in [0.2, 0.25) is 0 Å². The first-order valence-electron chi connectivity index (χ1n) is 7.66. The van der Waals surface area contributed by atoms with Crippen LogP contribution in [0, 0.1) is 0 Å². The van der Waals surface area contributed by atoms with E-state index in [1.54, 1.807) is 7.11 Å². The van der Waals surface area contributed by atoms with E-state index in [0.29, 0.717) is 33.0 Å². The molecule has 0 aliphatic carbocycles. The summed E-state index contributed by atoms with van der Waals surface area (Å²) in [6.07, 6.45) is 2.02. The summed E-state index contributed by atoms with van der Waals surface area (Å²) in [5.41, 5.74) is 2.04. The molecule has 1 aromatic heterocycles. The summed E-state index contributed by atoms with van der Waals surface area (Å²) in [5, 5.41) is 3.35. The van der Waals surface area contributed by atoms with E-state index in [2.05, 4.69) is 17.2 Å². The normalized spacial score (nSPS) is 11.0. The second-order valence-electron chi connectivity index (χ2n) is 4.81. The summed E-state index contributed by atoms with van der Waals surface area (Å²) in [4.78, 5) is 4.57. The first-order valence-corrected chi connectivity index (χ1v) is 7.66. The fraction of sp³-hybridized carbons (Fsp3) is 0.688. The van der Waals surface area contributed by atoms with Gasteiger partial charge in [0.1, 0.15) is 0 Å². The molecule has 0 bridgehead atoms. The number of nitrogens with one attached hydrogen (secondary N) is 1. The molecular formula is C16H28N2O3. The molecule has 120 valence electrons. The van der Waals surface area contributed by atoms with E-state index in [1.165, 1.54) is 0 Å². The largest absolute Gasteiger partial charge is 0.382 e. The number of hydrogen-bond donors (Lipinski definition) is 1. The Bertz CT molecular complexity index is 361. The number of hydrogen-bond acceptors (Lipinski definition) is 5. The van der Waals surface area contributed by atoms with Gasteiger partial charge in [-0.2, -0.15) is 0 Å². The Morgan fingerprint density at radius 2 is 1.86 bits per heavy atom. The lowest BCUT2D eigenvalue weighted by molar-refractivity contribution is 0.0478. The van der Waals surface area contributed by atoms with Gasteiger partial charge < -0.3 is 19.5 Å². The quantitative estimate of drug-likeness (QED) is 0.565. The zero-order valence-electron chi connectivity index (χ0n) is 13.3. The maximum Gasteiger partial charge on any atom is 0.0887 e. The number of rotatable bonds is 13. The van der Waals surface area contributed by atoms with E-state index in [-0.39, 0.29) is 0 Å². The number of methoxy groups -OCH3 is 1. The fourth-order valence-electron chi connectivity index (χ4n) is 1.79. The highest BCUT2D eigenvalue weighted by Gasteiger charge is 1.98. The van der Waals surface area contributed by atoms with Crippen LogP contribution in [-0.4, -0.2) is 45.1 Å². The predicted octanol–water partition coefficient (Wildman–Crippen LogP) is 2.15. The number of pyridine rings is 1. The van der Waals surface area contributed by atoms with Crippen LogP contribution in [0.5, 0.6) is 0 Å². The smallest absolute Gasteiger partial charge is 0.0887 e. The Kier molecular flexibility index (Phi) is 10.9. The average molecular weight is 296 g/mol. The molecule has 1 heterocycles. The summed E-state index contributed by atoms with van der Waals surface area (Å²) >= 11 is 0. The number of aromatic nitrogens is 1. The highest BCUT2D eigenvalue weighted by molar-refractivity contribution is 5.10. The molecule has 5 heteroatoms. The maximum absolute atomic E-state index is 5.61. The minimum atomic E-state index is 0.555. The third-order valence-corrected chi connectivity index (χ3v) is 2.86. The maximum atomic E-state index is 5.61. The molecule has 21 heavy (non-hydrogen) atoms. The standard InChI is InChI=1S/C16H28N2O3/c1-3-8-17-13-15-6-4-7-16(18-15)14-21-10-5-9-20-12-11-19-2/h4,6-7,17H,3,5,8-14H2,1-2H3. The molecular weight excluding hydrogens is 268 g/mol. The Hall–Kier alpha value is -1.01. The van der Waals surface area contributed by atoms with Gasteiger partial charge in [-0.3, -0.25) is 4.98 Å². The molecule has 0 fully saturated rings. The molecule has 0 aliphatic heterocycles. The van der Waals surface area contributed by atoms with Crippen molar-refractivity contribution in [1.29, 1.82) is 0 Å². The molecule has 0 aliphatic rings. The molecule has 0 spiro atoms. The summed E-state index contributed by atoms with van der Waals surface area (Å²) < 4.78 is 15.9. The topological polar surface area (TPSA) is 52.6 Å². The third-order valence-electron chi connectivity index (χ3n) is 2.86. The minimum absolute atomic E-state index is 0.555. The van der Waals surface area contributed by atoms with Crippen LogP contribution < -0.4 is 5.32 Å². The van der Waals surface area contributed by atoms with Gasteiger partial charge in [0, 0.05) is 26.9 Å². The predicted molar refractivity (Wildman–Crippen MR) is 83.2 cm³/mol. The molecule has 0 saturated carbocycles. The van der Waals surface area contributed by atoms with Crippen molar-refractivity contribution in [3.63, 3.8) is 0 Å². The van der Waals surface area contributed by atoms with Gasteiger partial charge >= 0.3 is 0 Å². The van der Waals surface area contributed by atoms with Gasteiger partial charge in [-0.25, -0.2) is 0 Å². The zero-order chi connectivity index (χ0) is 15.2. The Morgan fingerprint density at radius 1 is 1.05 bits per heavy atom. The van der Waals surface area contributed by atoms with Crippen molar-refractivity contribution in [3.8, 4) is 0 Å². The molecule has 0 atom stereocenters. The Morgan fingerprint density at radius 3 is 2.67 bits per heavy atom. The van der Waals surface area contributed by atoms with Gasteiger partial charge in [-0.1, -0.05) is 13.0 Å². The van der Waals surface area contributed by atoms with Crippen molar-refractivity contribution in [3.05, 3.63) is 29.6 Å². The third kappa shape index (κ3) is 9.52. The molecule has 0 radical (unpaired) electrons. The molecule has 0 aromatic carbocycles. The first-order chi connectivity index (χ1) is 10.4. The van der Waals surface area contributed by atoms with Crippen LogP contribution in [0.1, 0.15) is 31.2 Å². The van der Waals surface area contributed by atoms with Crippen LogP contribution in [0.25, 0.3) is 0 Å². The van der Waals surface area contributed by atoms with Gasteiger partial charge in [0.2, 0.25) is 0 Å². The van der Waals surface area contributed by atoms with E-state index < -0.39 is 0 Å². The van der Waals surface area contributed by atoms with Crippen LogP contribution in [-0.2, 0) is 27.4 Å². The van der Waals surface area contributed by atoms with Gasteiger partial charge in [-0.15, -0.1) is 0 Å². The molecule has 1 aromatic rings. The molecule has 5 nitrogen and oxygen atoms in total. The second-order valence-corrected chi connectivity index (χ2v) is 4.81. The van der Waals surface area contributed by atoms with Gasteiger partial charge in [0.05, 0.1) is 31.2 Å². The number of nitrogens with zero attached hydrogens (tertiary/aromatic N) is 1. The summed E-state index contributed by atoms with van der Waals surface area (Å²) in [6.45, 7) is 7.23. The van der Waals surface area contributed by atoms with Gasteiger partial charge in [0.25, 0.3) is 0 Å². The lowest BCUT2D eigenvalue weighted by Crippen LogP contribution is -2.15. The zero-order valence-corrected chi connectivity index (χ0v) is 13.3. The van der Waals surface area contributed by atoms with Crippen molar-refractivity contribution in [2.24, 2.45) is 0 Å². The van der Waals surface area contributed by atoms with Crippen molar-refractivity contribution >= 4 is 0 Å². The lowest BCUT2D eigenvalue weighted by atomic mass is 10.3.